The molecule has 1 aliphatic heterocycles. The van der Waals surface area contributed by atoms with Crippen molar-refractivity contribution < 1.29 is 4.74 Å². The summed E-state index contributed by atoms with van der Waals surface area (Å²) in [5, 5.41) is 8.83. The summed E-state index contributed by atoms with van der Waals surface area (Å²) in [5.41, 5.74) is 1.88. The van der Waals surface area contributed by atoms with Gasteiger partial charge in [0.15, 0.2) is 17.6 Å². The first kappa shape index (κ1) is 11.7. The third kappa shape index (κ3) is 1.67. The van der Waals surface area contributed by atoms with Crippen LogP contribution in [0.25, 0.3) is 5.65 Å². The van der Waals surface area contributed by atoms with Crippen molar-refractivity contribution in [2.75, 3.05) is 0 Å². The van der Waals surface area contributed by atoms with E-state index in [1.807, 2.05) is 29.5 Å². The fourth-order valence-corrected chi connectivity index (χ4v) is 2.83. The lowest BCUT2D eigenvalue weighted by Gasteiger charge is -2.10. The molecule has 0 amide bonds. The van der Waals surface area contributed by atoms with E-state index in [2.05, 4.69) is 21.2 Å². The number of hydrogen-bond donors (Lipinski definition) is 0. The van der Waals surface area contributed by atoms with Gasteiger partial charge in [-0.15, -0.1) is 10.2 Å². The van der Waals surface area contributed by atoms with Gasteiger partial charge in [0.2, 0.25) is 0 Å². The molecule has 5 nitrogen and oxygen atoms in total. The van der Waals surface area contributed by atoms with E-state index >= 15 is 0 Å². The predicted molar refractivity (Wildman–Crippen MR) is 74.0 cm³/mol. The summed E-state index contributed by atoms with van der Waals surface area (Å²) < 4.78 is 7.85. The van der Waals surface area contributed by atoms with Crippen molar-refractivity contribution in [2.45, 2.75) is 19.4 Å². The van der Waals surface area contributed by atoms with Crippen LogP contribution in [0.2, 0.25) is 5.15 Å². The number of nitrogens with zero attached hydrogens (tertiary/aromatic N) is 4. The molecule has 1 atom stereocenters. The molecule has 100 valence electrons. The second kappa shape index (κ2) is 4.18. The Kier molecular flexibility index (Phi) is 2.44. The summed E-state index contributed by atoms with van der Waals surface area (Å²) in [6.45, 7) is 1.88. The van der Waals surface area contributed by atoms with Crippen molar-refractivity contribution >= 4 is 17.2 Å². The Labute approximate surface area is 120 Å². The Morgan fingerprint density at radius 2 is 2.15 bits per heavy atom. The van der Waals surface area contributed by atoms with Gasteiger partial charge in [0.05, 0.1) is 0 Å². The zero-order chi connectivity index (χ0) is 13.7. The first-order chi connectivity index (χ1) is 9.72. The van der Waals surface area contributed by atoms with Gasteiger partial charge in [-0.25, -0.2) is 4.98 Å². The van der Waals surface area contributed by atoms with Gasteiger partial charge in [0.25, 0.3) is 0 Å². The smallest absolute Gasteiger partial charge is 0.180 e. The average molecular weight is 287 g/mol. The fraction of sp³-hybridized carbons (Fsp3) is 0.214. The molecule has 1 aromatic carbocycles. The Hall–Kier alpha value is -2.14. The summed E-state index contributed by atoms with van der Waals surface area (Å²) in [4.78, 5) is 4.25. The van der Waals surface area contributed by atoms with E-state index in [9.17, 15) is 0 Å². The van der Waals surface area contributed by atoms with Crippen molar-refractivity contribution in [1.29, 1.82) is 0 Å². The summed E-state index contributed by atoms with van der Waals surface area (Å²) >= 11 is 5.94. The van der Waals surface area contributed by atoms with Crippen molar-refractivity contribution in [1.82, 2.24) is 19.6 Å². The Bertz CT molecular complexity index is 789. The van der Waals surface area contributed by atoms with Crippen LogP contribution in [-0.2, 0) is 6.42 Å². The van der Waals surface area contributed by atoms with Crippen molar-refractivity contribution in [3.05, 3.63) is 52.7 Å². The highest BCUT2D eigenvalue weighted by atomic mass is 35.5. The van der Waals surface area contributed by atoms with E-state index in [0.29, 0.717) is 10.8 Å². The first-order valence-electron chi connectivity index (χ1n) is 6.35. The number of ether oxygens (including phenoxy) is 1. The van der Waals surface area contributed by atoms with E-state index in [1.165, 1.54) is 5.56 Å². The van der Waals surface area contributed by atoms with E-state index in [-0.39, 0.29) is 6.10 Å². The molecule has 0 fully saturated rings. The Balaban J connectivity index is 1.82. The molecule has 1 aliphatic rings. The third-order valence-corrected chi connectivity index (χ3v) is 3.68. The molecule has 20 heavy (non-hydrogen) atoms. The topological polar surface area (TPSA) is 52.3 Å². The number of halogens is 1. The second-order valence-electron chi connectivity index (χ2n) is 4.80. The van der Waals surface area contributed by atoms with Crippen molar-refractivity contribution in [3.63, 3.8) is 0 Å². The van der Waals surface area contributed by atoms with Crippen molar-refractivity contribution in [2.24, 2.45) is 0 Å². The zero-order valence-electron chi connectivity index (χ0n) is 10.7. The number of rotatable bonds is 1. The van der Waals surface area contributed by atoms with Gasteiger partial charge in [-0.05, 0) is 18.6 Å². The minimum Gasteiger partial charge on any atom is -0.482 e. The molecule has 1 unspecified atom stereocenters. The quantitative estimate of drug-likeness (QED) is 0.646. The van der Waals surface area contributed by atoms with Gasteiger partial charge in [-0.2, -0.15) is 0 Å². The largest absolute Gasteiger partial charge is 0.482 e. The lowest BCUT2D eigenvalue weighted by atomic mass is 10.1. The summed E-state index contributed by atoms with van der Waals surface area (Å²) in [7, 11) is 0. The fourth-order valence-electron chi connectivity index (χ4n) is 2.61. The third-order valence-electron chi connectivity index (χ3n) is 3.49. The molecule has 4 rings (SSSR count). The molecule has 0 spiro atoms. The molecule has 0 N–H and O–H groups in total. The maximum atomic E-state index is 5.96. The van der Waals surface area contributed by atoms with Gasteiger partial charge >= 0.3 is 0 Å². The van der Waals surface area contributed by atoms with Gasteiger partial charge in [0, 0.05) is 12.5 Å². The molecule has 2 aromatic heterocycles. The van der Waals surface area contributed by atoms with Gasteiger partial charge in [-0.3, -0.25) is 4.40 Å². The van der Waals surface area contributed by atoms with Gasteiger partial charge in [-0.1, -0.05) is 29.8 Å². The van der Waals surface area contributed by atoms with Crippen LogP contribution >= 0.6 is 11.6 Å². The predicted octanol–water partition coefficient (Wildman–Crippen LogP) is 2.76. The molecule has 0 bridgehead atoms. The number of aryl methyl sites for hydroxylation is 1. The molecule has 6 heteroatoms. The average Bonchev–Trinajstić information content (AvgIpc) is 3.00. The molecule has 3 aromatic rings. The van der Waals surface area contributed by atoms with E-state index in [0.717, 1.165) is 23.8 Å². The van der Waals surface area contributed by atoms with Crippen LogP contribution in [0.15, 0.2) is 30.3 Å². The number of hydrogen-bond acceptors (Lipinski definition) is 4. The standard InChI is InChI=1S/C14H11ClN4O/c1-8-16-12(15)7-13-17-18-14(19(8)13)11-6-9-4-2-3-5-10(9)20-11/h2-5,7,11H,6H2,1H3. The maximum Gasteiger partial charge on any atom is 0.180 e. The van der Waals surface area contributed by atoms with Crippen LogP contribution in [0, 0.1) is 6.92 Å². The number of fused-ring (bicyclic) bond motifs is 2. The highest BCUT2D eigenvalue weighted by Crippen LogP contribution is 2.35. The SMILES string of the molecule is Cc1nc(Cl)cc2nnc(C3Cc4ccccc4O3)n12. The van der Waals surface area contributed by atoms with Gasteiger partial charge < -0.3 is 4.74 Å². The van der Waals surface area contributed by atoms with Crippen LogP contribution in [0.3, 0.4) is 0 Å². The summed E-state index contributed by atoms with van der Waals surface area (Å²) in [6, 6.07) is 9.73. The van der Waals surface area contributed by atoms with E-state index in [4.69, 9.17) is 16.3 Å². The summed E-state index contributed by atoms with van der Waals surface area (Å²) in [6.07, 6.45) is 0.656. The van der Waals surface area contributed by atoms with E-state index < -0.39 is 0 Å². The van der Waals surface area contributed by atoms with Gasteiger partial charge in [0.1, 0.15) is 16.7 Å². The number of benzene rings is 1. The Morgan fingerprint density at radius 1 is 1.30 bits per heavy atom. The molecule has 0 saturated carbocycles. The van der Waals surface area contributed by atoms with Crippen molar-refractivity contribution in [3.8, 4) is 5.75 Å². The molecule has 3 heterocycles. The van der Waals surface area contributed by atoms with E-state index in [1.54, 1.807) is 6.07 Å². The minimum absolute atomic E-state index is 0.135. The number of aromatic nitrogens is 4. The lowest BCUT2D eigenvalue weighted by Crippen LogP contribution is -2.10. The Morgan fingerprint density at radius 3 is 3.00 bits per heavy atom. The maximum absolute atomic E-state index is 5.96. The van der Waals surface area contributed by atoms with Crippen LogP contribution in [0.5, 0.6) is 5.75 Å². The molecular weight excluding hydrogens is 276 g/mol. The first-order valence-corrected chi connectivity index (χ1v) is 6.73. The summed E-state index contributed by atoms with van der Waals surface area (Å²) in [5.74, 6) is 2.43. The highest BCUT2D eigenvalue weighted by Gasteiger charge is 2.28. The molecule has 0 aliphatic carbocycles. The van der Waals surface area contributed by atoms with Crippen LogP contribution in [0.4, 0.5) is 0 Å². The van der Waals surface area contributed by atoms with Crippen LogP contribution in [0.1, 0.15) is 23.3 Å². The van der Waals surface area contributed by atoms with Crippen LogP contribution < -0.4 is 4.74 Å². The lowest BCUT2D eigenvalue weighted by molar-refractivity contribution is 0.225. The normalized spacial score (nSPS) is 17.2. The van der Waals surface area contributed by atoms with Crippen LogP contribution in [-0.4, -0.2) is 19.6 Å². The molecule has 0 saturated heterocycles. The molecular formula is C14H11ClN4O. The zero-order valence-corrected chi connectivity index (χ0v) is 11.5. The highest BCUT2D eigenvalue weighted by molar-refractivity contribution is 6.29. The molecule has 0 radical (unpaired) electrons. The monoisotopic (exact) mass is 286 g/mol. The second-order valence-corrected chi connectivity index (χ2v) is 5.18. The minimum atomic E-state index is -0.135. The number of para-hydroxylation sites is 1.